The molecule has 1 atom stereocenters. The standard InChI is InChI=1S/C19H20Cl2N2O3S/c20-15-11-14(12-16(21)13-15)8-9-22-19(24)18-7-4-10-23(18)27(25,26)17-5-2-1-3-6-17/h1-3,5-6,11-13,18H,4,7-10H2,(H,22,24). The van der Waals surface area contributed by atoms with Gasteiger partial charge in [0.1, 0.15) is 6.04 Å². The summed E-state index contributed by atoms with van der Waals surface area (Å²) in [6.07, 6.45) is 1.74. The third kappa shape index (κ3) is 4.82. The first-order valence-corrected chi connectivity index (χ1v) is 10.9. The molecule has 1 heterocycles. The molecule has 1 amide bonds. The summed E-state index contributed by atoms with van der Waals surface area (Å²) >= 11 is 12.0. The van der Waals surface area contributed by atoms with Crippen molar-refractivity contribution < 1.29 is 13.2 Å². The van der Waals surface area contributed by atoms with Crippen molar-refractivity contribution >= 4 is 39.1 Å². The average Bonchev–Trinajstić information content (AvgIpc) is 3.12. The highest BCUT2D eigenvalue weighted by atomic mass is 35.5. The number of rotatable bonds is 6. The number of halogens is 2. The number of benzene rings is 2. The number of carbonyl (C=O) groups excluding carboxylic acids is 1. The summed E-state index contributed by atoms with van der Waals surface area (Å²) in [6, 6.07) is 12.8. The predicted octanol–water partition coefficient (Wildman–Crippen LogP) is 3.51. The van der Waals surface area contributed by atoms with Crippen molar-refractivity contribution in [2.75, 3.05) is 13.1 Å². The minimum Gasteiger partial charge on any atom is -0.354 e. The molecule has 2 aromatic rings. The molecule has 0 spiro atoms. The molecule has 8 heteroatoms. The van der Waals surface area contributed by atoms with E-state index in [1.54, 1.807) is 48.5 Å². The van der Waals surface area contributed by atoms with Crippen LogP contribution in [0.4, 0.5) is 0 Å². The summed E-state index contributed by atoms with van der Waals surface area (Å²) < 4.78 is 27.0. The summed E-state index contributed by atoms with van der Waals surface area (Å²) in [7, 11) is -3.68. The largest absolute Gasteiger partial charge is 0.354 e. The maximum atomic E-state index is 12.8. The van der Waals surface area contributed by atoms with Crippen molar-refractivity contribution in [3.05, 3.63) is 64.1 Å². The van der Waals surface area contributed by atoms with Gasteiger partial charge in [-0.3, -0.25) is 4.79 Å². The Hall–Kier alpha value is -1.60. The van der Waals surface area contributed by atoms with Gasteiger partial charge in [0, 0.05) is 23.1 Å². The number of carbonyl (C=O) groups is 1. The summed E-state index contributed by atoms with van der Waals surface area (Å²) in [5.74, 6) is -0.278. The van der Waals surface area contributed by atoms with Crippen molar-refractivity contribution in [3.63, 3.8) is 0 Å². The van der Waals surface area contributed by atoms with E-state index < -0.39 is 16.1 Å². The van der Waals surface area contributed by atoms with Gasteiger partial charge in [0.25, 0.3) is 0 Å². The van der Waals surface area contributed by atoms with Crippen molar-refractivity contribution in [1.82, 2.24) is 9.62 Å². The maximum absolute atomic E-state index is 12.8. The van der Waals surface area contributed by atoms with Crippen LogP contribution in [-0.4, -0.2) is 37.8 Å². The van der Waals surface area contributed by atoms with Crippen molar-refractivity contribution in [2.24, 2.45) is 0 Å². The van der Waals surface area contributed by atoms with E-state index in [-0.39, 0.29) is 10.8 Å². The molecule has 27 heavy (non-hydrogen) atoms. The molecule has 1 fully saturated rings. The molecule has 144 valence electrons. The van der Waals surface area contributed by atoms with E-state index >= 15 is 0 Å². The van der Waals surface area contributed by atoms with Crippen LogP contribution in [0.25, 0.3) is 0 Å². The van der Waals surface area contributed by atoms with E-state index in [1.807, 2.05) is 0 Å². The molecule has 1 saturated heterocycles. The summed E-state index contributed by atoms with van der Waals surface area (Å²) in [4.78, 5) is 12.8. The molecule has 2 aromatic carbocycles. The first kappa shape index (κ1) is 20.1. The van der Waals surface area contributed by atoms with Crippen molar-refractivity contribution in [2.45, 2.75) is 30.2 Å². The molecule has 1 N–H and O–H groups in total. The van der Waals surface area contributed by atoms with Gasteiger partial charge in [-0.1, -0.05) is 41.4 Å². The van der Waals surface area contributed by atoms with Gasteiger partial charge in [0.2, 0.25) is 15.9 Å². The lowest BCUT2D eigenvalue weighted by Gasteiger charge is -2.23. The number of hydrogen-bond donors (Lipinski definition) is 1. The Balaban J connectivity index is 1.64. The Morgan fingerprint density at radius 1 is 1.11 bits per heavy atom. The van der Waals surface area contributed by atoms with Crippen LogP contribution in [0.15, 0.2) is 53.4 Å². The van der Waals surface area contributed by atoms with Crippen LogP contribution in [0.2, 0.25) is 10.0 Å². The van der Waals surface area contributed by atoms with Gasteiger partial charge in [0.15, 0.2) is 0 Å². The molecule has 0 aliphatic carbocycles. The highest BCUT2D eigenvalue weighted by molar-refractivity contribution is 7.89. The SMILES string of the molecule is O=C(NCCc1cc(Cl)cc(Cl)c1)C1CCCN1S(=O)(=O)c1ccccc1. The van der Waals surface area contributed by atoms with Gasteiger partial charge in [-0.05, 0) is 55.2 Å². The number of amides is 1. The zero-order valence-corrected chi connectivity index (χ0v) is 16.9. The normalized spacial score (nSPS) is 17.8. The zero-order valence-electron chi connectivity index (χ0n) is 14.6. The van der Waals surface area contributed by atoms with Crippen LogP contribution in [0.5, 0.6) is 0 Å². The molecule has 1 unspecified atom stereocenters. The average molecular weight is 427 g/mol. The van der Waals surface area contributed by atoms with Crippen LogP contribution in [0.1, 0.15) is 18.4 Å². The third-order valence-corrected chi connectivity index (χ3v) is 6.85. The van der Waals surface area contributed by atoms with Crippen molar-refractivity contribution in [1.29, 1.82) is 0 Å². The molecule has 0 radical (unpaired) electrons. The van der Waals surface area contributed by atoms with Crippen LogP contribution >= 0.6 is 23.2 Å². The molecule has 0 saturated carbocycles. The third-order valence-electron chi connectivity index (χ3n) is 4.49. The molecule has 0 aromatic heterocycles. The Bertz CT molecular complexity index is 900. The van der Waals surface area contributed by atoms with E-state index in [0.29, 0.717) is 42.4 Å². The highest BCUT2D eigenvalue weighted by Gasteiger charge is 2.39. The second kappa shape index (κ2) is 8.61. The highest BCUT2D eigenvalue weighted by Crippen LogP contribution is 2.26. The molecule has 1 aliphatic heterocycles. The van der Waals surface area contributed by atoms with E-state index in [4.69, 9.17) is 23.2 Å². The van der Waals surface area contributed by atoms with E-state index in [9.17, 15) is 13.2 Å². The Labute approximate surface area is 169 Å². The second-order valence-corrected chi connectivity index (χ2v) is 9.17. The quantitative estimate of drug-likeness (QED) is 0.768. The number of sulfonamides is 1. The Morgan fingerprint density at radius 2 is 1.78 bits per heavy atom. The molecular formula is C19H20Cl2N2O3S. The predicted molar refractivity (Wildman–Crippen MR) is 107 cm³/mol. The molecular weight excluding hydrogens is 407 g/mol. The number of nitrogens with one attached hydrogen (secondary N) is 1. The lowest BCUT2D eigenvalue weighted by molar-refractivity contribution is -0.124. The van der Waals surface area contributed by atoms with Crippen LogP contribution < -0.4 is 5.32 Å². The smallest absolute Gasteiger partial charge is 0.243 e. The molecule has 1 aliphatic rings. The fraction of sp³-hybridized carbons (Fsp3) is 0.316. The van der Waals surface area contributed by atoms with Crippen molar-refractivity contribution in [3.8, 4) is 0 Å². The summed E-state index contributed by atoms with van der Waals surface area (Å²) in [5.41, 5.74) is 0.910. The van der Waals surface area contributed by atoms with E-state index in [1.165, 1.54) is 4.31 Å². The number of hydrogen-bond acceptors (Lipinski definition) is 3. The van der Waals surface area contributed by atoms with Crippen LogP contribution in [0, 0.1) is 0 Å². The Morgan fingerprint density at radius 3 is 2.44 bits per heavy atom. The maximum Gasteiger partial charge on any atom is 0.243 e. The summed E-state index contributed by atoms with van der Waals surface area (Å²) in [6.45, 7) is 0.727. The van der Waals surface area contributed by atoms with Gasteiger partial charge in [-0.25, -0.2) is 8.42 Å². The van der Waals surface area contributed by atoms with E-state index in [2.05, 4.69) is 5.32 Å². The number of nitrogens with zero attached hydrogens (tertiary/aromatic N) is 1. The monoisotopic (exact) mass is 426 g/mol. The van der Waals surface area contributed by atoms with Crippen LogP contribution in [0.3, 0.4) is 0 Å². The second-order valence-electron chi connectivity index (χ2n) is 6.41. The molecule has 3 rings (SSSR count). The topological polar surface area (TPSA) is 66.5 Å². The van der Waals surface area contributed by atoms with Crippen LogP contribution in [-0.2, 0) is 21.2 Å². The fourth-order valence-electron chi connectivity index (χ4n) is 3.22. The lowest BCUT2D eigenvalue weighted by atomic mass is 10.1. The summed E-state index contributed by atoms with van der Waals surface area (Å²) in [5, 5.41) is 3.92. The lowest BCUT2D eigenvalue weighted by Crippen LogP contribution is -2.46. The van der Waals surface area contributed by atoms with Gasteiger partial charge < -0.3 is 5.32 Å². The first-order chi connectivity index (χ1) is 12.9. The zero-order chi connectivity index (χ0) is 19.4. The van der Waals surface area contributed by atoms with Gasteiger partial charge in [-0.2, -0.15) is 4.31 Å². The Kier molecular flexibility index (Phi) is 6.42. The fourth-order valence-corrected chi connectivity index (χ4v) is 5.47. The van der Waals surface area contributed by atoms with Gasteiger partial charge in [-0.15, -0.1) is 0 Å². The van der Waals surface area contributed by atoms with E-state index in [0.717, 1.165) is 5.56 Å². The first-order valence-electron chi connectivity index (χ1n) is 8.67. The minimum atomic E-state index is -3.68. The van der Waals surface area contributed by atoms with Gasteiger partial charge >= 0.3 is 0 Å². The molecule has 5 nitrogen and oxygen atoms in total. The molecule has 0 bridgehead atoms. The van der Waals surface area contributed by atoms with Gasteiger partial charge in [0.05, 0.1) is 4.90 Å². The minimum absolute atomic E-state index is 0.207.